The molecule has 0 bridgehead atoms. The molecule has 2 heterocycles. The first kappa shape index (κ1) is 24.6. The van der Waals surface area contributed by atoms with Crippen LogP contribution in [0.2, 0.25) is 0 Å². The molecule has 6 nitrogen and oxygen atoms in total. The molecule has 1 aliphatic heterocycles. The zero-order valence-corrected chi connectivity index (χ0v) is 18.0. The fourth-order valence-electron chi connectivity index (χ4n) is 2.76. The molecule has 0 aliphatic carbocycles. The molecule has 0 radical (unpaired) electrons. The number of nitrogens with zero attached hydrogens (tertiary/aromatic N) is 1. The Balaban J connectivity index is 0.00000288. The Kier molecular flexibility index (Phi) is 9.90. The fourth-order valence-corrected chi connectivity index (χ4v) is 4.99. The summed E-state index contributed by atoms with van der Waals surface area (Å²) in [5.74, 6) is 0.0207. The third kappa shape index (κ3) is 5.79. The van der Waals surface area contributed by atoms with Gasteiger partial charge in [-0.05, 0) is 25.9 Å². The number of nitrogens with one attached hydrogen (secondary N) is 2. The Morgan fingerprint density at radius 2 is 1.96 bits per heavy atom. The summed E-state index contributed by atoms with van der Waals surface area (Å²) >= 11 is 1.62. The zero-order chi connectivity index (χ0) is 17.1. The van der Waals surface area contributed by atoms with Crippen molar-refractivity contribution in [1.29, 1.82) is 0 Å². The van der Waals surface area contributed by atoms with E-state index in [2.05, 4.69) is 29.5 Å². The van der Waals surface area contributed by atoms with Gasteiger partial charge in [-0.25, -0.2) is 13.4 Å². The first-order valence-corrected chi connectivity index (χ1v) is 10.7. The summed E-state index contributed by atoms with van der Waals surface area (Å²) in [5, 5.41) is 8.99. The lowest BCUT2D eigenvalue weighted by molar-refractivity contribution is -0.124. The van der Waals surface area contributed by atoms with E-state index in [1.165, 1.54) is 0 Å². The van der Waals surface area contributed by atoms with Crippen LogP contribution in [-0.4, -0.2) is 49.9 Å². The Hall–Kier alpha value is -0.410. The third-order valence-corrected chi connectivity index (χ3v) is 7.47. The van der Waals surface area contributed by atoms with Crippen molar-refractivity contribution in [2.45, 2.75) is 43.8 Å². The van der Waals surface area contributed by atoms with Crippen LogP contribution in [0, 0.1) is 0 Å². The molecule has 1 aromatic rings. The standard InChI is InChI=1S/C15H25N3O3S2.2ClH/c1-11(2)13-18-12(10-22-13)4-7-17-14(19)15(23(3,20)21)5-8-16-9-6-15;;/h10-11,16H,4-9H2,1-3H3,(H,17,19);2*1H. The first-order chi connectivity index (χ1) is 10.8. The molecular formula is C15H27Cl2N3O3S2. The molecule has 1 amide bonds. The lowest BCUT2D eigenvalue weighted by atomic mass is 9.96. The molecule has 1 aromatic heterocycles. The second kappa shape index (κ2) is 10.1. The SMILES string of the molecule is CC(C)c1nc(CCNC(=O)C2(S(C)(=O)=O)CCNCC2)cs1.Cl.Cl. The van der Waals surface area contributed by atoms with Crippen LogP contribution in [0.15, 0.2) is 5.38 Å². The summed E-state index contributed by atoms with van der Waals surface area (Å²) in [4.78, 5) is 17.1. The average molecular weight is 432 g/mol. The molecule has 10 heteroatoms. The predicted octanol–water partition coefficient (Wildman–Crippen LogP) is 1.94. The second-order valence-electron chi connectivity index (χ2n) is 6.35. The summed E-state index contributed by atoms with van der Waals surface area (Å²) in [6.07, 6.45) is 2.43. The number of sulfone groups is 1. The smallest absolute Gasteiger partial charge is 0.241 e. The minimum atomic E-state index is -3.45. The summed E-state index contributed by atoms with van der Waals surface area (Å²) < 4.78 is 23.0. The number of aromatic nitrogens is 1. The van der Waals surface area contributed by atoms with E-state index in [0.29, 0.717) is 44.8 Å². The van der Waals surface area contributed by atoms with Gasteiger partial charge in [0.15, 0.2) is 14.6 Å². The van der Waals surface area contributed by atoms with E-state index < -0.39 is 14.6 Å². The molecule has 1 fully saturated rings. The number of carbonyl (C=O) groups excluding carboxylic acids is 1. The van der Waals surface area contributed by atoms with E-state index >= 15 is 0 Å². The minimum Gasteiger partial charge on any atom is -0.354 e. The summed E-state index contributed by atoms with van der Waals surface area (Å²) in [7, 11) is -3.45. The maximum Gasteiger partial charge on any atom is 0.241 e. The van der Waals surface area contributed by atoms with E-state index in [1.54, 1.807) is 11.3 Å². The van der Waals surface area contributed by atoms with Gasteiger partial charge < -0.3 is 10.6 Å². The van der Waals surface area contributed by atoms with Gasteiger partial charge in [0.2, 0.25) is 5.91 Å². The second-order valence-corrected chi connectivity index (χ2v) is 9.57. The van der Waals surface area contributed by atoms with Gasteiger partial charge >= 0.3 is 0 Å². The zero-order valence-electron chi connectivity index (χ0n) is 14.7. The van der Waals surface area contributed by atoms with Gasteiger partial charge in [-0.3, -0.25) is 4.79 Å². The predicted molar refractivity (Wildman–Crippen MR) is 107 cm³/mol. The molecule has 0 saturated carbocycles. The highest BCUT2D eigenvalue weighted by Gasteiger charge is 2.48. The normalized spacial score (nSPS) is 16.6. The van der Waals surface area contributed by atoms with Crippen LogP contribution in [0.1, 0.15) is 43.3 Å². The van der Waals surface area contributed by atoms with Gasteiger partial charge in [0, 0.05) is 30.5 Å². The summed E-state index contributed by atoms with van der Waals surface area (Å²) in [6.45, 7) is 5.69. The van der Waals surface area contributed by atoms with Crippen molar-refractivity contribution in [3.63, 3.8) is 0 Å². The maximum absolute atomic E-state index is 12.5. The molecular weight excluding hydrogens is 405 g/mol. The number of thiazole rings is 1. The molecule has 1 aliphatic rings. The molecule has 25 heavy (non-hydrogen) atoms. The number of amides is 1. The van der Waals surface area contributed by atoms with Gasteiger partial charge in [0.1, 0.15) is 0 Å². The van der Waals surface area contributed by atoms with Crippen LogP contribution in [0.5, 0.6) is 0 Å². The highest BCUT2D eigenvalue weighted by Crippen LogP contribution is 2.28. The lowest BCUT2D eigenvalue weighted by Gasteiger charge is -2.34. The van der Waals surface area contributed by atoms with Crippen LogP contribution in [0.25, 0.3) is 0 Å². The van der Waals surface area contributed by atoms with E-state index in [1.807, 2.05) is 5.38 Å². The summed E-state index contributed by atoms with van der Waals surface area (Å²) in [6, 6.07) is 0. The highest BCUT2D eigenvalue weighted by molar-refractivity contribution is 7.92. The van der Waals surface area contributed by atoms with Crippen LogP contribution in [0.4, 0.5) is 0 Å². The number of piperidine rings is 1. The molecule has 0 atom stereocenters. The van der Waals surface area contributed by atoms with Crippen molar-refractivity contribution < 1.29 is 13.2 Å². The van der Waals surface area contributed by atoms with Crippen LogP contribution in [-0.2, 0) is 21.1 Å². The number of halogens is 2. The van der Waals surface area contributed by atoms with Crippen molar-refractivity contribution >= 4 is 51.9 Å². The average Bonchev–Trinajstić information content (AvgIpc) is 2.96. The van der Waals surface area contributed by atoms with E-state index in [0.717, 1.165) is 17.0 Å². The van der Waals surface area contributed by atoms with E-state index in [-0.39, 0.29) is 30.7 Å². The molecule has 1 saturated heterocycles. The summed E-state index contributed by atoms with van der Waals surface area (Å²) in [5.41, 5.74) is 0.942. The van der Waals surface area contributed by atoms with E-state index in [9.17, 15) is 13.2 Å². The number of rotatable bonds is 6. The van der Waals surface area contributed by atoms with E-state index in [4.69, 9.17) is 0 Å². The Bertz CT molecular complexity index is 657. The first-order valence-electron chi connectivity index (χ1n) is 7.89. The number of carbonyl (C=O) groups is 1. The van der Waals surface area contributed by atoms with Gasteiger partial charge in [0.25, 0.3) is 0 Å². The van der Waals surface area contributed by atoms with Crippen molar-refractivity contribution in [3.8, 4) is 0 Å². The molecule has 0 aromatic carbocycles. The van der Waals surface area contributed by atoms with Crippen molar-refractivity contribution in [2.75, 3.05) is 25.9 Å². The monoisotopic (exact) mass is 431 g/mol. The van der Waals surface area contributed by atoms with Crippen molar-refractivity contribution in [1.82, 2.24) is 15.6 Å². The number of hydrogen-bond acceptors (Lipinski definition) is 6. The van der Waals surface area contributed by atoms with Gasteiger partial charge in [-0.15, -0.1) is 36.2 Å². The molecule has 2 rings (SSSR count). The fraction of sp³-hybridized carbons (Fsp3) is 0.733. The highest BCUT2D eigenvalue weighted by atomic mass is 35.5. The van der Waals surface area contributed by atoms with Gasteiger partial charge in [0.05, 0.1) is 10.7 Å². The van der Waals surface area contributed by atoms with Crippen molar-refractivity contribution in [3.05, 3.63) is 16.1 Å². The van der Waals surface area contributed by atoms with Crippen LogP contribution >= 0.6 is 36.2 Å². The topological polar surface area (TPSA) is 88.2 Å². The molecule has 0 spiro atoms. The quantitative estimate of drug-likeness (QED) is 0.717. The minimum absolute atomic E-state index is 0. The lowest BCUT2D eigenvalue weighted by Crippen LogP contribution is -2.57. The Morgan fingerprint density at radius 1 is 1.36 bits per heavy atom. The number of hydrogen-bond donors (Lipinski definition) is 2. The molecule has 146 valence electrons. The Labute approximate surface area is 166 Å². The van der Waals surface area contributed by atoms with Gasteiger partial charge in [-0.1, -0.05) is 13.8 Å². The third-order valence-electron chi connectivity index (χ3n) is 4.26. The Morgan fingerprint density at radius 3 is 2.44 bits per heavy atom. The van der Waals surface area contributed by atoms with Gasteiger partial charge in [-0.2, -0.15) is 0 Å². The van der Waals surface area contributed by atoms with Crippen molar-refractivity contribution in [2.24, 2.45) is 0 Å². The van der Waals surface area contributed by atoms with Crippen LogP contribution in [0.3, 0.4) is 0 Å². The molecule has 0 unspecified atom stereocenters. The maximum atomic E-state index is 12.5. The van der Waals surface area contributed by atoms with Crippen LogP contribution < -0.4 is 10.6 Å². The molecule has 2 N–H and O–H groups in total. The largest absolute Gasteiger partial charge is 0.354 e.